The van der Waals surface area contributed by atoms with Crippen LogP contribution in [0.2, 0.25) is 0 Å². The van der Waals surface area contributed by atoms with Crippen molar-refractivity contribution in [1.82, 2.24) is 9.29 Å². The molecule has 10 heteroatoms. The van der Waals surface area contributed by atoms with Crippen LogP contribution in [0.15, 0.2) is 57.2 Å². The summed E-state index contributed by atoms with van der Waals surface area (Å²) in [6, 6.07) is 10.5. The standard InChI is InChI=1S/C20H18BrF2N3O2S2/c21-15-2-4-17(5-3-15)30(27,28)26-9-7-25(8-10-26)20-24-16(13-29-20)11-14-1-6-18(22)19(23)12-14/h1-6,12-13H,7-11H2. The number of hydrogen-bond donors (Lipinski definition) is 0. The van der Waals surface area contributed by atoms with E-state index in [1.807, 2.05) is 10.3 Å². The molecule has 5 nitrogen and oxygen atoms in total. The van der Waals surface area contributed by atoms with Crippen molar-refractivity contribution < 1.29 is 17.2 Å². The predicted octanol–water partition coefficient (Wildman–Crippen LogP) is 4.29. The SMILES string of the molecule is O=S(=O)(c1ccc(Br)cc1)N1CCN(c2nc(Cc3ccc(F)c(F)c3)cs2)CC1. The Kier molecular flexibility index (Phi) is 6.19. The minimum Gasteiger partial charge on any atom is -0.345 e. The Morgan fingerprint density at radius 3 is 2.37 bits per heavy atom. The molecule has 1 aliphatic rings. The zero-order valence-corrected chi connectivity index (χ0v) is 19.0. The Morgan fingerprint density at radius 2 is 1.70 bits per heavy atom. The van der Waals surface area contributed by atoms with Crippen LogP contribution in [-0.4, -0.2) is 43.9 Å². The molecular formula is C20H18BrF2N3O2S2. The van der Waals surface area contributed by atoms with Crippen molar-refractivity contribution in [3.63, 3.8) is 0 Å². The van der Waals surface area contributed by atoms with Gasteiger partial charge >= 0.3 is 0 Å². The minimum atomic E-state index is -3.52. The molecule has 1 aliphatic heterocycles. The molecule has 2 aromatic carbocycles. The number of piperazine rings is 1. The topological polar surface area (TPSA) is 53.5 Å². The Labute approximate surface area is 186 Å². The summed E-state index contributed by atoms with van der Waals surface area (Å²) in [5, 5.41) is 2.69. The van der Waals surface area contributed by atoms with Crippen LogP contribution in [0.3, 0.4) is 0 Å². The van der Waals surface area contributed by atoms with E-state index in [-0.39, 0.29) is 4.90 Å². The number of halogens is 3. The first-order valence-electron chi connectivity index (χ1n) is 9.22. The average molecular weight is 514 g/mol. The highest BCUT2D eigenvalue weighted by Gasteiger charge is 2.29. The van der Waals surface area contributed by atoms with E-state index in [0.29, 0.717) is 38.2 Å². The van der Waals surface area contributed by atoms with Crippen molar-refractivity contribution in [2.45, 2.75) is 11.3 Å². The molecule has 1 aromatic heterocycles. The molecule has 0 N–H and O–H groups in total. The molecule has 30 heavy (non-hydrogen) atoms. The van der Waals surface area contributed by atoms with E-state index in [0.717, 1.165) is 21.4 Å². The van der Waals surface area contributed by atoms with Crippen molar-refractivity contribution in [2.24, 2.45) is 0 Å². The second-order valence-corrected chi connectivity index (χ2v) is 10.6. The molecule has 2 heterocycles. The van der Waals surface area contributed by atoms with Crippen LogP contribution in [-0.2, 0) is 16.4 Å². The summed E-state index contributed by atoms with van der Waals surface area (Å²) >= 11 is 4.78. The van der Waals surface area contributed by atoms with E-state index in [4.69, 9.17) is 0 Å². The highest BCUT2D eigenvalue weighted by molar-refractivity contribution is 9.10. The molecule has 0 atom stereocenters. The minimum absolute atomic E-state index is 0.280. The molecule has 0 saturated carbocycles. The van der Waals surface area contributed by atoms with Crippen LogP contribution < -0.4 is 4.90 Å². The van der Waals surface area contributed by atoms with Gasteiger partial charge < -0.3 is 4.90 Å². The maximum absolute atomic E-state index is 13.4. The molecule has 0 amide bonds. The van der Waals surface area contributed by atoms with Gasteiger partial charge in [0.15, 0.2) is 16.8 Å². The van der Waals surface area contributed by atoms with Gasteiger partial charge in [-0.25, -0.2) is 22.2 Å². The van der Waals surface area contributed by atoms with Gasteiger partial charge in [0.2, 0.25) is 10.0 Å². The molecule has 0 aliphatic carbocycles. The molecule has 0 bridgehead atoms. The first-order chi connectivity index (χ1) is 14.3. The third kappa shape index (κ3) is 4.56. The van der Waals surface area contributed by atoms with Gasteiger partial charge in [0.1, 0.15) is 0 Å². The van der Waals surface area contributed by atoms with Gasteiger partial charge in [-0.3, -0.25) is 0 Å². The Bertz CT molecular complexity index is 1150. The molecule has 158 valence electrons. The molecule has 1 saturated heterocycles. The summed E-state index contributed by atoms with van der Waals surface area (Å²) in [6.45, 7) is 1.81. The first-order valence-corrected chi connectivity index (χ1v) is 12.3. The molecule has 3 aromatic rings. The quantitative estimate of drug-likeness (QED) is 0.510. The van der Waals surface area contributed by atoms with Gasteiger partial charge in [-0.1, -0.05) is 22.0 Å². The first kappa shape index (κ1) is 21.4. The molecule has 0 radical (unpaired) electrons. The van der Waals surface area contributed by atoms with E-state index in [9.17, 15) is 17.2 Å². The number of hydrogen-bond acceptors (Lipinski definition) is 5. The van der Waals surface area contributed by atoms with Gasteiger partial charge in [0.25, 0.3) is 0 Å². The Balaban J connectivity index is 1.40. The fraction of sp³-hybridized carbons (Fsp3) is 0.250. The lowest BCUT2D eigenvalue weighted by Crippen LogP contribution is -2.48. The van der Waals surface area contributed by atoms with Crippen LogP contribution in [0.5, 0.6) is 0 Å². The van der Waals surface area contributed by atoms with Crippen LogP contribution >= 0.6 is 27.3 Å². The third-order valence-electron chi connectivity index (χ3n) is 4.87. The van der Waals surface area contributed by atoms with Gasteiger partial charge in [-0.2, -0.15) is 4.31 Å². The highest BCUT2D eigenvalue weighted by Crippen LogP contribution is 2.26. The van der Waals surface area contributed by atoms with Gasteiger partial charge in [-0.05, 0) is 42.0 Å². The lowest BCUT2D eigenvalue weighted by atomic mass is 10.1. The number of sulfonamides is 1. The molecule has 0 spiro atoms. The summed E-state index contributed by atoms with van der Waals surface area (Å²) in [7, 11) is -3.52. The van der Waals surface area contributed by atoms with E-state index in [2.05, 4.69) is 20.9 Å². The predicted molar refractivity (Wildman–Crippen MR) is 116 cm³/mol. The molecule has 0 unspecified atom stereocenters. The maximum Gasteiger partial charge on any atom is 0.243 e. The number of nitrogens with zero attached hydrogens (tertiary/aromatic N) is 3. The Morgan fingerprint density at radius 1 is 1.00 bits per heavy atom. The number of anilines is 1. The van der Waals surface area contributed by atoms with Crippen molar-refractivity contribution in [2.75, 3.05) is 31.1 Å². The Hall–Kier alpha value is -1.88. The summed E-state index contributed by atoms with van der Waals surface area (Å²) in [4.78, 5) is 6.92. The van der Waals surface area contributed by atoms with Gasteiger partial charge in [0.05, 0.1) is 10.6 Å². The van der Waals surface area contributed by atoms with Crippen LogP contribution in [0.1, 0.15) is 11.3 Å². The summed E-state index contributed by atoms with van der Waals surface area (Å²) in [6.07, 6.45) is 0.408. The average Bonchev–Trinajstić information content (AvgIpc) is 3.20. The second kappa shape index (κ2) is 8.70. The monoisotopic (exact) mass is 513 g/mol. The smallest absolute Gasteiger partial charge is 0.243 e. The van der Waals surface area contributed by atoms with Crippen molar-refractivity contribution in [3.05, 3.63) is 75.2 Å². The fourth-order valence-electron chi connectivity index (χ4n) is 3.26. The maximum atomic E-state index is 13.4. The summed E-state index contributed by atoms with van der Waals surface area (Å²) < 4.78 is 54.4. The second-order valence-electron chi connectivity index (χ2n) is 6.89. The van der Waals surface area contributed by atoms with Crippen molar-refractivity contribution in [3.8, 4) is 0 Å². The third-order valence-corrected chi connectivity index (χ3v) is 8.26. The van der Waals surface area contributed by atoms with E-state index < -0.39 is 21.7 Å². The fourth-order valence-corrected chi connectivity index (χ4v) is 5.82. The van der Waals surface area contributed by atoms with Crippen LogP contribution in [0, 0.1) is 11.6 Å². The molecular weight excluding hydrogens is 496 g/mol. The van der Waals surface area contributed by atoms with E-state index >= 15 is 0 Å². The van der Waals surface area contributed by atoms with Crippen molar-refractivity contribution in [1.29, 1.82) is 0 Å². The van der Waals surface area contributed by atoms with Gasteiger partial charge in [-0.15, -0.1) is 11.3 Å². The molecule has 1 fully saturated rings. The number of rotatable bonds is 5. The lowest BCUT2D eigenvalue weighted by Gasteiger charge is -2.33. The molecule has 4 rings (SSSR count). The largest absolute Gasteiger partial charge is 0.345 e. The normalized spacial score (nSPS) is 15.5. The van der Waals surface area contributed by atoms with E-state index in [1.54, 1.807) is 30.3 Å². The van der Waals surface area contributed by atoms with Gasteiger partial charge in [0, 0.05) is 42.5 Å². The van der Waals surface area contributed by atoms with Crippen LogP contribution in [0.4, 0.5) is 13.9 Å². The number of thiazole rings is 1. The number of benzene rings is 2. The highest BCUT2D eigenvalue weighted by atomic mass is 79.9. The summed E-state index contributed by atoms with van der Waals surface area (Å²) in [5.41, 5.74) is 1.42. The lowest BCUT2D eigenvalue weighted by molar-refractivity contribution is 0.384. The van der Waals surface area contributed by atoms with Crippen LogP contribution in [0.25, 0.3) is 0 Å². The van der Waals surface area contributed by atoms with E-state index in [1.165, 1.54) is 21.7 Å². The van der Waals surface area contributed by atoms with Crippen molar-refractivity contribution >= 4 is 42.4 Å². The number of aromatic nitrogens is 1. The summed E-state index contributed by atoms with van der Waals surface area (Å²) in [5.74, 6) is -1.74. The zero-order valence-electron chi connectivity index (χ0n) is 15.8. The zero-order chi connectivity index (χ0) is 21.3.